The zero-order valence-corrected chi connectivity index (χ0v) is 17.5. The van der Waals surface area contributed by atoms with Crippen LogP contribution in [0.15, 0.2) is 42.5 Å². The van der Waals surface area contributed by atoms with Crippen LogP contribution in [-0.2, 0) is 16.1 Å². The SMILES string of the molecule is COCCCN1C(=O)c2ccc(C(=O)NCc3cccc(NC(=O)CC#N)c3)cc2C1=O. The quantitative estimate of drug-likeness (QED) is 0.459. The maximum atomic E-state index is 12.6. The van der Waals surface area contributed by atoms with Gasteiger partial charge in [0.05, 0.1) is 17.2 Å². The van der Waals surface area contributed by atoms with Gasteiger partial charge in [-0.25, -0.2) is 0 Å². The normalized spacial score (nSPS) is 12.3. The van der Waals surface area contributed by atoms with Gasteiger partial charge in [-0.05, 0) is 42.3 Å². The molecular formula is C23H22N4O5. The zero-order chi connectivity index (χ0) is 23.1. The third-order valence-electron chi connectivity index (χ3n) is 4.87. The van der Waals surface area contributed by atoms with Crippen molar-refractivity contribution in [2.24, 2.45) is 0 Å². The number of rotatable bonds is 9. The lowest BCUT2D eigenvalue weighted by Gasteiger charge is -2.12. The summed E-state index contributed by atoms with van der Waals surface area (Å²) in [5.74, 6) is -1.60. The minimum Gasteiger partial charge on any atom is -0.385 e. The number of fused-ring (bicyclic) bond motifs is 1. The number of ether oxygens (including phenoxy) is 1. The van der Waals surface area contributed by atoms with E-state index >= 15 is 0 Å². The Labute approximate surface area is 185 Å². The number of amides is 4. The highest BCUT2D eigenvalue weighted by atomic mass is 16.5. The molecule has 0 bridgehead atoms. The summed E-state index contributed by atoms with van der Waals surface area (Å²) in [4.78, 5) is 50.4. The number of methoxy groups -OCH3 is 1. The maximum absolute atomic E-state index is 12.6. The molecule has 1 aliphatic rings. The molecule has 3 rings (SSSR count). The van der Waals surface area contributed by atoms with Crippen molar-refractivity contribution in [2.75, 3.05) is 25.6 Å². The van der Waals surface area contributed by atoms with E-state index in [-0.39, 0.29) is 42.1 Å². The topological polar surface area (TPSA) is 129 Å². The van der Waals surface area contributed by atoms with Crippen molar-refractivity contribution >= 4 is 29.3 Å². The fourth-order valence-corrected chi connectivity index (χ4v) is 3.32. The third kappa shape index (κ3) is 5.17. The first-order chi connectivity index (χ1) is 15.4. The molecule has 0 aromatic heterocycles. The van der Waals surface area contributed by atoms with E-state index in [0.717, 1.165) is 10.5 Å². The van der Waals surface area contributed by atoms with Gasteiger partial charge in [-0.1, -0.05) is 12.1 Å². The predicted octanol–water partition coefficient (Wildman–Crippen LogP) is 2.10. The van der Waals surface area contributed by atoms with Crippen LogP contribution in [0.5, 0.6) is 0 Å². The number of nitrogens with zero attached hydrogens (tertiary/aromatic N) is 2. The lowest BCUT2D eigenvalue weighted by atomic mass is 10.1. The highest BCUT2D eigenvalue weighted by molar-refractivity contribution is 6.22. The lowest BCUT2D eigenvalue weighted by molar-refractivity contribution is -0.115. The Hall–Kier alpha value is -4.03. The van der Waals surface area contributed by atoms with E-state index in [9.17, 15) is 19.2 Å². The van der Waals surface area contributed by atoms with E-state index in [1.54, 1.807) is 37.4 Å². The number of carbonyl (C=O) groups excluding carboxylic acids is 4. The van der Waals surface area contributed by atoms with Gasteiger partial charge in [-0.3, -0.25) is 24.1 Å². The highest BCUT2D eigenvalue weighted by Crippen LogP contribution is 2.24. The van der Waals surface area contributed by atoms with Gasteiger partial charge in [-0.2, -0.15) is 5.26 Å². The number of anilines is 1. The second-order valence-corrected chi connectivity index (χ2v) is 7.13. The number of benzene rings is 2. The Bertz CT molecular complexity index is 1110. The first-order valence-electron chi connectivity index (χ1n) is 9.97. The largest absolute Gasteiger partial charge is 0.385 e. The van der Waals surface area contributed by atoms with Gasteiger partial charge in [0.2, 0.25) is 5.91 Å². The first-order valence-corrected chi connectivity index (χ1v) is 9.97. The summed E-state index contributed by atoms with van der Waals surface area (Å²) in [6.07, 6.45) is 0.287. The summed E-state index contributed by atoms with van der Waals surface area (Å²) in [7, 11) is 1.55. The number of imide groups is 1. The van der Waals surface area contributed by atoms with Crippen LogP contribution in [0.25, 0.3) is 0 Å². The van der Waals surface area contributed by atoms with Crippen molar-refractivity contribution in [3.05, 3.63) is 64.7 Å². The number of carbonyl (C=O) groups is 4. The van der Waals surface area contributed by atoms with Crippen LogP contribution in [0.3, 0.4) is 0 Å². The minimum absolute atomic E-state index is 0.188. The van der Waals surface area contributed by atoms with Gasteiger partial charge in [-0.15, -0.1) is 0 Å². The molecule has 4 amide bonds. The number of nitrogens with one attached hydrogen (secondary N) is 2. The van der Waals surface area contributed by atoms with Gasteiger partial charge >= 0.3 is 0 Å². The van der Waals surface area contributed by atoms with Gasteiger partial charge < -0.3 is 15.4 Å². The Kier molecular flexibility index (Phi) is 7.31. The molecule has 0 saturated heterocycles. The summed E-state index contributed by atoms with van der Waals surface area (Å²) in [5, 5.41) is 13.9. The number of hydrogen-bond acceptors (Lipinski definition) is 6. The molecule has 2 aromatic carbocycles. The Balaban J connectivity index is 1.64. The molecule has 0 unspecified atom stereocenters. The van der Waals surface area contributed by atoms with Crippen LogP contribution in [-0.4, -0.2) is 48.8 Å². The predicted molar refractivity (Wildman–Crippen MR) is 115 cm³/mol. The molecule has 0 saturated carbocycles. The smallest absolute Gasteiger partial charge is 0.261 e. The summed E-state index contributed by atoms with van der Waals surface area (Å²) in [6.45, 7) is 0.876. The van der Waals surface area contributed by atoms with Crippen molar-refractivity contribution in [1.29, 1.82) is 5.26 Å². The summed E-state index contributed by atoms with van der Waals surface area (Å²) in [6, 6.07) is 13.1. The molecule has 0 radical (unpaired) electrons. The van der Waals surface area contributed by atoms with Crippen molar-refractivity contribution in [1.82, 2.24) is 10.2 Å². The molecule has 1 heterocycles. The molecular weight excluding hydrogens is 412 g/mol. The molecule has 164 valence electrons. The van der Waals surface area contributed by atoms with E-state index in [1.807, 2.05) is 0 Å². The maximum Gasteiger partial charge on any atom is 0.261 e. The second kappa shape index (κ2) is 10.3. The average molecular weight is 434 g/mol. The fourth-order valence-electron chi connectivity index (χ4n) is 3.32. The summed E-state index contributed by atoms with van der Waals surface area (Å²) >= 11 is 0. The van der Waals surface area contributed by atoms with Crippen LogP contribution in [0, 0.1) is 11.3 Å². The third-order valence-corrected chi connectivity index (χ3v) is 4.87. The van der Waals surface area contributed by atoms with Gasteiger partial charge in [0.1, 0.15) is 6.42 Å². The fraction of sp³-hybridized carbons (Fsp3) is 0.261. The second-order valence-electron chi connectivity index (χ2n) is 7.13. The van der Waals surface area contributed by atoms with Gasteiger partial charge in [0.15, 0.2) is 0 Å². The van der Waals surface area contributed by atoms with E-state index in [1.165, 1.54) is 18.2 Å². The van der Waals surface area contributed by atoms with Crippen LogP contribution >= 0.6 is 0 Å². The van der Waals surface area contributed by atoms with E-state index in [2.05, 4.69) is 10.6 Å². The minimum atomic E-state index is -0.420. The monoisotopic (exact) mass is 434 g/mol. The summed E-state index contributed by atoms with van der Waals surface area (Å²) in [5.41, 5.74) is 2.02. The van der Waals surface area contributed by atoms with Crippen LogP contribution in [0.4, 0.5) is 5.69 Å². The van der Waals surface area contributed by atoms with Crippen LogP contribution in [0.2, 0.25) is 0 Å². The highest BCUT2D eigenvalue weighted by Gasteiger charge is 2.35. The molecule has 0 aliphatic carbocycles. The Morgan fingerprint density at radius 3 is 2.62 bits per heavy atom. The molecule has 2 aromatic rings. The van der Waals surface area contributed by atoms with Gasteiger partial charge in [0, 0.05) is 38.1 Å². The molecule has 0 atom stereocenters. The molecule has 32 heavy (non-hydrogen) atoms. The Morgan fingerprint density at radius 1 is 1.09 bits per heavy atom. The average Bonchev–Trinajstić information content (AvgIpc) is 3.02. The van der Waals surface area contributed by atoms with Crippen molar-refractivity contribution in [2.45, 2.75) is 19.4 Å². The molecule has 2 N–H and O–H groups in total. The molecule has 0 spiro atoms. The van der Waals surface area contributed by atoms with Crippen LogP contribution < -0.4 is 10.6 Å². The molecule has 0 fully saturated rings. The van der Waals surface area contributed by atoms with Crippen molar-refractivity contribution in [3.63, 3.8) is 0 Å². The lowest BCUT2D eigenvalue weighted by Crippen LogP contribution is -2.31. The number of nitriles is 1. The van der Waals surface area contributed by atoms with Gasteiger partial charge in [0.25, 0.3) is 17.7 Å². The van der Waals surface area contributed by atoms with E-state index in [0.29, 0.717) is 18.7 Å². The molecule has 1 aliphatic heterocycles. The van der Waals surface area contributed by atoms with Crippen LogP contribution in [0.1, 0.15) is 49.5 Å². The number of hydrogen-bond donors (Lipinski definition) is 2. The van der Waals surface area contributed by atoms with E-state index in [4.69, 9.17) is 10.00 Å². The van der Waals surface area contributed by atoms with E-state index < -0.39 is 17.7 Å². The van der Waals surface area contributed by atoms with Crippen molar-refractivity contribution < 1.29 is 23.9 Å². The molecule has 9 heteroatoms. The zero-order valence-electron chi connectivity index (χ0n) is 17.5. The summed E-state index contributed by atoms with van der Waals surface area (Å²) < 4.78 is 4.96. The first kappa shape index (κ1) is 22.7. The van der Waals surface area contributed by atoms with Crippen molar-refractivity contribution in [3.8, 4) is 6.07 Å². The Morgan fingerprint density at radius 2 is 1.88 bits per heavy atom. The standard InChI is InChI=1S/C23H22N4O5/c1-32-11-3-10-27-22(30)18-7-6-16(13-19(18)23(27)31)21(29)25-14-15-4-2-5-17(12-15)26-20(28)8-9-24/h2,4-7,12-13H,3,8,10-11,14H2,1H3,(H,25,29)(H,26,28). The molecule has 9 nitrogen and oxygen atoms in total.